The molecule has 0 radical (unpaired) electrons. The van der Waals surface area contributed by atoms with Crippen LogP contribution >= 0.6 is 15.9 Å². The molecule has 0 aliphatic carbocycles. The molecule has 0 aromatic heterocycles. The van der Waals surface area contributed by atoms with Gasteiger partial charge in [0.05, 0.1) is 0 Å². The molecule has 0 amide bonds. The SMILES string of the molecule is CCC(C)CCBr.[H-].[H-].[Mg+2]. The third-order valence-electron chi connectivity index (χ3n) is 1.30. The van der Waals surface area contributed by atoms with Crippen LogP contribution in [0.3, 0.4) is 0 Å². The number of alkyl halides is 1. The molecule has 0 fully saturated rings. The van der Waals surface area contributed by atoms with Crippen LogP contribution in [0.5, 0.6) is 0 Å². The topological polar surface area (TPSA) is 0 Å². The number of hydrogen-bond acceptors (Lipinski definition) is 0. The summed E-state index contributed by atoms with van der Waals surface area (Å²) < 4.78 is 0. The van der Waals surface area contributed by atoms with E-state index in [9.17, 15) is 0 Å². The van der Waals surface area contributed by atoms with Crippen LogP contribution in [0.1, 0.15) is 29.5 Å². The van der Waals surface area contributed by atoms with E-state index in [1.807, 2.05) is 0 Å². The van der Waals surface area contributed by atoms with Crippen molar-refractivity contribution in [2.45, 2.75) is 26.7 Å². The van der Waals surface area contributed by atoms with E-state index in [1.165, 1.54) is 12.8 Å². The summed E-state index contributed by atoms with van der Waals surface area (Å²) in [7, 11) is 0. The molecule has 1 unspecified atom stereocenters. The summed E-state index contributed by atoms with van der Waals surface area (Å²) in [6.07, 6.45) is 2.63. The molecule has 8 heavy (non-hydrogen) atoms. The van der Waals surface area contributed by atoms with Gasteiger partial charge in [0.1, 0.15) is 0 Å². The van der Waals surface area contributed by atoms with E-state index in [1.54, 1.807) is 0 Å². The maximum Gasteiger partial charge on any atom is 2.00 e. The van der Waals surface area contributed by atoms with Crippen LogP contribution in [0.2, 0.25) is 0 Å². The average Bonchev–Trinajstić information content (AvgIpc) is 1.68. The summed E-state index contributed by atoms with van der Waals surface area (Å²) in [5, 5.41) is 1.15. The van der Waals surface area contributed by atoms with Crippen molar-refractivity contribution >= 4 is 39.0 Å². The fourth-order valence-electron chi connectivity index (χ4n) is 0.390. The third-order valence-corrected chi connectivity index (χ3v) is 1.76. The minimum atomic E-state index is 0. The molecule has 48 valence electrons. The molecule has 0 aromatic carbocycles. The maximum atomic E-state index is 3.39. The zero-order valence-corrected chi connectivity index (χ0v) is 8.78. The molecule has 0 saturated carbocycles. The van der Waals surface area contributed by atoms with Gasteiger partial charge >= 0.3 is 23.1 Å². The van der Waals surface area contributed by atoms with E-state index in [2.05, 4.69) is 29.8 Å². The molecule has 0 saturated heterocycles. The molecule has 1 atom stereocenters. The minimum Gasteiger partial charge on any atom is -1.00 e. The van der Waals surface area contributed by atoms with Gasteiger partial charge in [-0.3, -0.25) is 0 Å². The van der Waals surface area contributed by atoms with Gasteiger partial charge in [-0.25, -0.2) is 0 Å². The Morgan fingerprint density at radius 1 is 1.62 bits per heavy atom. The molecular formula is C6H15BrMg. The first kappa shape index (κ1) is 12.0. The van der Waals surface area contributed by atoms with Gasteiger partial charge in [-0.15, -0.1) is 0 Å². The molecule has 0 N–H and O–H groups in total. The summed E-state index contributed by atoms with van der Waals surface area (Å²) in [6.45, 7) is 4.51. The Kier molecular flexibility index (Phi) is 12.3. The summed E-state index contributed by atoms with van der Waals surface area (Å²) in [5.74, 6) is 0.902. The van der Waals surface area contributed by atoms with Crippen molar-refractivity contribution in [2.75, 3.05) is 5.33 Å². The fourth-order valence-corrected chi connectivity index (χ4v) is 1.17. The molecule has 2 heteroatoms. The van der Waals surface area contributed by atoms with E-state index < -0.39 is 0 Å². The minimum absolute atomic E-state index is 0. The molecule has 0 nitrogen and oxygen atoms in total. The van der Waals surface area contributed by atoms with Gasteiger partial charge in [0.25, 0.3) is 0 Å². The van der Waals surface area contributed by atoms with Gasteiger partial charge < -0.3 is 2.85 Å². The van der Waals surface area contributed by atoms with E-state index in [0.717, 1.165) is 11.2 Å². The molecule has 0 aromatic rings. The maximum absolute atomic E-state index is 3.39. The predicted molar refractivity (Wildman–Crippen MR) is 45.8 cm³/mol. The first-order chi connectivity index (χ1) is 3.31. The van der Waals surface area contributed by atoms with Crippen LogP contribution in [0, 0.1) is 5.92 Å². The Morgan fingerprint density at radius 2 is 2.12 bits per heavy atom. The van der Waals surface area contributed by atoms with Crippen molar-refractivity contribution in [3.63, 3.8) is 0 Å². The second-order valence-electron chi connectivity index (χ2n) is 1.99. The molecule has 0 bridgehead atoms. The molecule has 0 spiro atoms. The first-order valence-electron chi connectivity index (χ1n) is 2.87. The van der Waals surface area contributed by atoms with Crippen molar-refractivity contribution in [1.82, 2.24) is 0 Å². The number of hydrogen-bond donors (Lipinski definition) is 0. The van der Waals surface area contributed by atoms with Crippen LogP contribution in [-0.2, 0) is 0 Å². The quantitative estimate of drug-likeness (QED) is 0.475. The Hall–Kier alpha value is 1.25. The largest absolute Gasteiger partial charge is 2.00 e. The summed E-state index contributed by atoms with van der Waals surface area (Å²) in [6, 6.07) is 0. The summed E-state index contributed by atoms with van der Waals surface area (Å²) >= 11 is 3.39. The standard InChI is InChI=1S/C6H13Br.Mg.2H/c1-3-6(2)4-5-7;;;/h6H,3-5H2,1-2H3;;;/q;+2;2*-1. The molecule has 0 rings (SSSR count). The number of halogens is 1. The van der Waals surface area contributed by atoms with Crippen molar-refractivity contribution < 1.29 is 2.85 Å². The normalized spacial score (nSPS) is 12.4. The van der Waals surface area contributed by atoms with E-state index in [4.69, 9.17) is 0 Å². The average molecular weight is 191 g/mol. The second-order valence-corrected chi connectivity index (χ2v) is 2.78. The van der Waals surface area contributed by atoms with Crippen LogP contribution in [-0.4, -0.2) is 28.4 Å². The smallest absolute Gasteiger partial charge is 1.00 e. The van der Waals surface area contributed by atoms with Crippen molar-refractivity contribution in [1.29, 1.82) is 0 Å². The van der Waals surface area contributed by atoms with Crippen LogP contribution < -0.4 is 0 Å². The van der Waals surface area contributed by atoms with E-state index in [0.29, 0.717) is 0 Å². The molecule has 0 heterocycles. The monoisotopic (exact) mass is 190 g/mol. The molecular weight excluding hydrogens is 176 g/mol. The van der Waals surface area contributed by atoms with Crippen LogP contribution in [0.15, 0.2) is 0 Å². The fraction of sp³-hybridized carbons (Fsp3) is 1.00. The van der Waals surface area contributed by atoms with Crippen molar-refractivity contribution in [3.05, 3.63) is 0 Å². The van der Waals surface area contributed by atoms with Crippen LogP contribution in [0.25, 0.3) is 0 Å². The van der Waals surface area contributed by atoms with Gasteiger partial charge in [0, 0.05) is 5.33 Å². The molecule has 0 aliphatic heterocycles. The second kappa shape index (κ2) is 8.25. The van der Waals surface area contributed by atoms with Gasteiger partial charge in [0.2, 0.25) is 0 Å². The first-order valence-corrected chi connectivity index (χ1v) is 3.99. The zero-order valence-electron chi connectivity index (χ0n) is 7.78. The Morgan fingerprint density at radius 3 is 2.25 bits per heavy atom. The van der Waals surface area contributed by atoms with Crippen molar-refractivity contribution in [2.24, 2.45) is 5.92 Å². The van der Waals surface area contributed by atoms with Crippen molar-refractivity contribution in [3.8, 4) is 0 Å². The Bertz CT molecular complexity index is 46.7. The Labute approximate surface area is 79.7 Å². The van der Waals surface area contributed by atoms with Gasteiger partial charge in [0.15, 0.2) is 0 Å². The molecule has 0 aliphatic rings. The summed E-state index contributed by atoms with van der Waals surface area (Å²) in [4.78, 5) is 0. The number of rotatable bonds is 3. The van der Waals surface area contributed by atoms with Gasteiger partial charge in [-0.05, 0) is 12.3 Å². The van der Waals surface area contributed by atoms with Gasteiger partial charge in [-0.2, -0.15) is 0 Å². The van der Waals surface area contributed by atoms with E-state index in [-0.39, 0.29) is 25.9 Å². The Balaban J connectivity index is -0.0000000600. The predicted octanol–water partition coefficient (Wildman–Crippen LogP) is 2.66. The van der Waals surface area contributed by atoms with Crippen LogP contribution in [0.4, 0.5) is 0 Å². The van der Waals surface area contributed by atoms with E-state index >= 15 is 0 Å². The third kappa shape index (κ3) is 7.25. The van der Waals surface area contributed by atoms with Gasteiger partial charge in [-0.1, -0.05) is 36.2 Å². The zero-order chi connectivity index (χ0) is 5.70. The summed E-state index contributed by atoms with van der Waals surface area (Å²) in [5.41, 5.74) is 0.